The van der Waals surface area contributed by atoms with Crippen LogP contribution in [0.25, 0.3) is 0 Å². The number of anilines is 1. The topological polar surface area (TPSA) is 69.0 Å². The maximum absolute atomic E-state index is 12.4. The number of carbonyl (C=O) groups excluding carboxylic acids is 1. The van der Waals surface area contributed by atoms with Gasteiger partial charge in [0.2, 0.25) is 5.91 Å². The second-order valence-corrected chi connectivity index (χ2v) is 5.69. The average molecular weight is 292 g/mol. The molecule has 3 heterocycles. The first-order chi connectivity index (χ1) is 9.65. The van der Waals surface area contributed by atoms with Crippen LogP contribution in [0.2, 0.25) is 0 Å². The quantitative estimate of drug-likeness (QED) is 0.938. The Bertz CT molecular complexity index is 621. The summed E-state index contributed by atoms with van der Waals surface area (Å²) in [5.74, 6) is -0.204. The molecule has 1 saturated heterocycles. The lowest BCUT2D eigenvalue weighted by Crippen LogP contribution is -2.26. The summed E-state index contributed by atoms with van der Waals surface area (Å²) in [6.07, 6.45) is 2.22. The number of hydrogen-bond acceptors (Lipinski definition) is 5. The van der Waals surface area contributed by atoms with Crippen LogP contribution in [0, 0.1) is 12.8 Å². The first-order valence-corrected chi connectivity index (χ1v) is 7.26. The SMILES string of the molecule is Cc1cc(NC(=O)[C@@H]2CCO[C@H]2c2ccnn2C)sn1. The van der Waals surface area contributed by atoms with E-state index < -0.39 is 0 Å². The number of hydrogen-bond donors (Lipinski definition) is 1. The summed E-state index contributed by atoms with van der Waals surface area (Å²) in [7, 11) is 1.86. The van der Waals surface area contributed by atoms with Crippen molar-refractivity contribution in [3.05, 3.63) is 29.7 Å². The molecule has 1 amide bonds. The van der Waals surface area contributed by atoms with E-state index in [1.807, 2.05) is 26.1 Å². The zero-order chi connectivity index (χ0) is 14.1. The highest BCUT2D eigenvalue weighted by Crippen LogP contribution is 2.35. The minimum Gasteiger partial charge on any atom is -0.371 e. The molecule has 20 heavy (non-hydrogen) atoms. The third-order valence-electron chi connectivity index (χ3n) is 3.45. The summed E-state index contributed by atoms with van der Waals surface area (Å²) in [4.78, 5) is 12.4. The van der Waals surface area contributed by atoms with Crippen molar-refractivity contribution in [2.45, 2.75) is 19.4 Å². The van der Waals surface area contributed by atoms with Crippen molar-refractivity contribution in [2.75, 3.05) is 11.9 Å². The van der Waals surface area contributed by atoms with Gasteiger partial charge in [-0.2, -0.15) is 9.47 Å². The highest BCUT2D eigenvalue weighted by atomic mass is 32.1. The molecule has 1 fully saturated rings. The van der Waals surface area contributed by atoms with Crippen molar-refractivity contribution in [1.29, 1.82) is 0 Å². The summed E-state index contributed by atoms with van der Waals surface area (Å²) >= 11 is 1.30. The molecule has 3 rings (SSSR count). The molecule has 0 saturated carbocycles. The number of aromatic nitrogens is 3. The van der Waals surface area contributed by atoms with Crippen molar-refractivity contribution >= 4 is 22.4 Å². The monoisotopic (exact) mass is 292 g/mol. The Balaban J connectivity index is 1.75. The molecule has 0 radical (unpaired) electrons. The van der Waals surface area contributed by atoms with E-state index in [4.69, 9.17) is 4.74 Å². The van der Waals surface area contributed by atoms with Gasteiger partial charge in [-0.05, 0) is 37.0 Å². The van der Waals surface area contributed by atoms with Crippen LogP contribution in [-0.4, -0.2) is 26.7 Å². The van der Waals surface area contributed by atoms with E-state index in [0.717, 1.165) is 22.8 Å². The van der Waals surface area contributed by atoms with Crippen molar-refractivity contribution in [1.82, 2.24) is 14.2 Å². The number of nitrogens with one attached hydrogen (secondary N) is 1. The van der Waals surface area contributed by atoms with E-state index in [0.29, 0.717) is 6.61 Å². The number of carbonyl (C=O) groups is 1. The number of aryl methyl sites for hydroxylation is 2. The smallest absolute Gasteiger partial charge is 0.231 e. The average Bonchev–Trinajstić information content (AvgIpc) is 3.10. The van der Waals surface area contributed by atoms with Gasteiger partial charge in [-0.15, -0.1) is 0 Å². The van der Waals surface area contributed by atoms with Crippen molar-refractivity contribution in [3.63, 3.8) is 0 Å². The van der Waals surface area contributed by atoms with E-state index in [1.165, 1.54) is 11.5 Å². The molecule has 0 unspecified atom stereocenters. The third kappa shape index (κ3) is 2.46. The van der Waals surface area contributed by atoms with Gasteiger partial charge >= 0.3 is 0 Å². The molecule has 1 aliphatic heterocycles. The van der Waals surface area contributed by atoms with Crippen LogP contribution >= 0.6 is 11.5 Å². The maximum Gasteiger partial charge on any atom is 0.231 e. The maximum atomic E-state index is 12.4. The Hall–Kier alpha value is -1.73. The zero-order valence-corrected chi connectivity index (χ0v) is 12.2. The number of nitrogens with zero attached hydrogens (tertiary/aromatic N) is 3. The van der Waals surface area contributed by atoms with Gasteiger partial charge in [-0.3, -0.25) is 9.48 Å². The van der Waals surface area contributed by atoms with E-state index in [9.17, 15) is 4.79 Å². The molecule has 2 aromatic rings. The molecule has 7 heteroatoms. The predicted molar refractivity (Wildman–Crippen MR) is 75.5 cm³/mol. The Morgan fingerprint density at radius 3 is 3.10 bits per heavy atom. The van der Waals surface area contributed by atoms with Gasteiger partial charge in [0.15, 0.2) is 0 Å². The summed E-state index contributed by atoms with van der Waals surface area (Å²) in [5, 5.41) is 7.84. The Morgan fingerprint density at radius 1 is 1.60 bits per heavy atom. The molecule has 2 aromatic heterocycles. The minimum absolute atomic E-state index is 0.0163. The van der Waals surface area contributed by atoms with Gasteiger partial charge in [0, 0.05) is 19.9 Å². The number of ether oxygens (including phenoxy) is 1. The molecular formula is C13H16N4O2S. The van der Waals surface area contributed by atoms with Gasteiger partial charge in [0.05, 0.1) is 17.3 Å². The normalized spacial score (nSPS) is 22.1. The van der Waals surface area contributed by atoms with Crippen LogP contribution in [0.15, 0.2) is 18.3 Å². The number of amides is 1. The van der Waals surface area contributed by atoms with Crippen LogP contribution in [0.4, 0.5) is 5.00 Å². The van der Waals surface area contributed by atoms with Gasteiger partial charge < -0.3 is 10.1 Å². The molecule has 1 N–H and O–H groups in total. The molecule has 0 spiro atoms. The summed E-state index contributed by atoms with van der Waals surface area (Å²) in [5.41, 5.74) is 1.85. The van der Waals surface area contributed by atoms with Gasteiger partial charge in [-0.25, -0.2) is 0 Å². The summed E-state index contributed by atoms with van der Waals surface area (Å²) in [6, 6.07) is 3.77. The summed E-state index contributed by atoms with van der Waals surface area (Å²) < 4.78 is 11.6. The van der Waals surface area contributed by atoms with Crippen LogP contribution < -0.4 is 5.32 Å². The number of rotatable bonds is 3. The van der Waals surface area contributed by atoms with Crippen LogP contribution in [0.1, 0.15) is 23.9 Å². The van der Waals surface area contributed by atoms with E-state index >= 15 is 0 Å². The minimum atomic E-state index is -0.225. The molecule has 106 valence electrons. The first-order valence-electron chi connectivity index (χ1n) is 6.49. The van der Waals surface area contributed by atoms with Crippen molar-refractivity contribution < 1.29 is 9.53 Å². The molecular weight excluding hydrogens is 276 g/mol. The largest absolute Gasteiger partial charge is 0.371 e. The van der Waals surface area contributed by atoms with E-state index in [1.54, 1.807) is 10.9 Å². The molecule has 0 aromatic carbocycles. The fraction of sp³-hybridized carbons (Fsp3) is 0.462. The van der Waals surface area contributed by atoms with Crippen LogP contribution in [0.3, 0.4) is 0 Å². The van der Waals surface area contributed by atoms with Gasteiger partial charge in [0.25, 0.3) is 0 Å². The first kappa shape index (κ1) is 13.3. The highest BCUT2D eigenvalue weighted by Gasteiger charge is 2.36. The lowest BCUT2D eigenvalue weighted by molar-refractivity contribution is -0.121. The van der Waals surface area contributed by atoms with Crippen molar-refractivity contribution in [2.24, 2.45) is 13.0 Å². The lowest BCUT2D eigenvalue weighted by atomic mass is 9.98. The standard InChI is InChI=1S/C13H16N4O2S/c1-8-7-11(20-16-8)15-13(18)9-4-6-19-12(9)10-3-5-14-17(10)2/h3,5,7,9,12H,4,6H2,1-2H3,(H,15,18)/t9-,12-/m1/s1. The zero-order valence-electron chi connectivity index (χ0n) is 11.4. The molecule has 6 nitrogen and oxygen atoms in total. The third-order valence-corrected chi connectivity index (χ3v) is 4.25. The Kier molecular flexibility index (Phi) is 3.54. The predicted octanol–water partition coefficient (Wildman–Crippen LogP) is 1.90. The van der Waals surface area contributed by atoms with Crippen LogP contribution in [-0.2, 0) is 16.6 Å². The van der Waals surface area contributed by atoms with Crippen LogP contribution in [0.5, 0.6) is 0 Å². The molecule has 0 bridgehead atoms. The second kappa shape index (κ2) is 5.34. The van der Waals surface area contributed by atoms with Gasteiger partial charge in [-0.1, -0.05) is 0 Å². The summed E-state index contributed by atoms with van der Waals surface area (Å²) in [6.45, 7) is 2.50. The Labute approximate surface area is 120 Å². The Morgan fingerprint density at radius 2 is 2.45 bits per heavy atom. The molecule has 2 atom stereocenters. The lowest BCUT2D eigenvalue weighted by Gasteiger charge is -2.17. The second-order valence-electron chi connectivity index (χ2n) is 4.89. The van der Waals surface area contributed by atoms with Crippen molar-refractivity contribution in [3.8, 4) is 0 Å². The van der Waals surface area contributed by atoms with Gasteiger partial charge in [0.1, 0.15) is 11.1 Å². The van der Waals surface area contributed by atoms with E-state index in [2.05, 4.69) is 14.8 Å². The van der Waals surface area contributed by atoms with E-state index in [-0.39, 0.29) is 17.9 Å². The molecule has 0 aliphatic carbocycles. The highest BCUT2D eigenvalue weighted by molar-refractivity contribution is 7.10. The molecule has 1 aliphatic rings. The fourth-order valence-electron chi connectivity index (χ4n) is 2.45. The fourth-order valence-corrected chi connectivity index (χ4v) is 3.11.